The summed E-state index contributed by atoms with van der Waals surface area (Å²) in [5.41, 5.74) is -0.457. The van der Waals surface area contributed by atoms with Crippen molar-refractivity contribution in [3.8, 4) is 0 Å². The van der Waals surface area contributed by atoms with E-state index in [-0.39, 0.29) is 18.1 Å². The number of nitrogens with zero attached hydrogens (tertiary/aromatic N) is 5. The predicted molar refractivity (Wildman–Crippen MR) is 120 cm³/mol. The van der Waals surface area contributed by atoms with Crippen LogP contribution in [0.2, 0.25) is 0 Å². The minimum Gasteiger partial charge on any atom is -0.340 e. The summed E-state index contributed by atoms with van der Waals surface area (Å²) < 4.78 is 40.2. The molecule has 34 heavy (non-hydrogen) atoms. The molecular weight excluding hydrogens is 449 g/mol. The first-order valence-corrected chi connectivity index (χ1v) is 10.9. The van der Waals surface area contributed by atoms with Crippen LogP contribution in [0.15, 0.2) is 42.6 Å². The van der Waals surface area contributed by atoms with E-state index in [9.17, 15) is 22.8 Å². The minimum atomic E-state index is -4.64. The van der Waals surface area contributed by atoms with Crippen molar-refractivity contribution in [2.75, 3.05) is 32.5 Å². The Morgan fingerprint density at radius 3 is 2.74 bits per heavy atom. The molecule has 0 saturated carbocycles. The van der Waals surface area contributed by atoms with E-state index in [4.69, 9.17) is 0 Å². The van der Waals surface area contributed by atoms with Crippen molar-refractivity contribution in [1.29, 1.82) is 0 Å². The first-order chi connectivity index (χ1) is 16.1. The van der Waals surface area contributed by atoms with Crippen LogP contribution in [0.25, 0.3) is 10.9 Å². The van der Waals surface area contributed by atoms with Crippen molar-refractivity contribution in [2.24, 2.45) is 0 Å². The number of anilines is 1. The third kappa shape index (κ3) is 5.36. The number of amides is 2. The summed E-state index contributed by atoms with van der Waals surface area (Å²) in [6, 6.07) is 8.42. The molecule has 8 nitrogen and oxygen atoms in total. The van der Waals surface area contributed by atoms with E-state index < -0.39 is 17.8 Å². The molecule has 1 atom stereocenters. The fourth-order valence-corrected chi connectivity index (χ4v) is 3.99. The second-order valence-corrected chi connectivity index (χ2v) is 8.56. The van der Waals surface area contributed by atoms with Gasteiger partial charge in [-0.15, -0.1) is 0 Å². The largest absolute Gasteiger partial charge is 0.433 e. The van der Waals surface area contributed by atoms with Crippen molar-refractivity contribution in [2.45, 2.75) is 31.6 Å². The van der Waals surface area contributed by atoms with Gasteiger partial charge in [-0.3, -0.25) is 14.3 Å². The molecule has 1 N–H and O–H groups in total. The number of benzene rings is 1. The monoisotopic (exact) mass is 474 g/mol. The van der Waals surface area contributed by atoms with Crippen molar-refractivity contribution >= 4 is 28.4 Å². The van der Waals surface area contributed by atoms with Crippen LogP contribution in [0, 0.1) is 0 Å². The maximum Gasteiger partial charge on any atom is 0.433 e. The van der Waals surface area contributed by atoms with Crippen LogP contribution >= 0.6 is 0 Å². The summed E-state index contributed by atoms with van der Waals surface area (Å²) in [4.78, 5) is 32.6. The van der Waals surface area contributed by atoms with E-state index >= 15 is 0 Å². The zero-order chi connectivity index (χ0) is 24.5. The Kier molecular flexibility index (Phi) is 6.56. The van der Waals surface area contributed by atoms with Gasteiger partial charge in [-0.2, -0.15) is 18.3 Å². The fourth-order valence-electron chi connectivity index (χ4n) is 3.99. The average molecular weight is 474 g/mol. The van der Waals surface area contributed by atoms with Crippen molar-refractivity contribution in [3.63, 3.8) is 0 Å². The number of carbonyl (C=O) groups excluding carboxylic acids is 2. The number of hydrogen-bond donors (Lipinski definition) is 1. The Bertz CT molecular complexity index is 1210. The van der Waals surface area contributed by atoms with E-state index in [1.165, 1.54) is 6.07 Å². The average Bonchev–Trinajstić information content (AvgIpc) is 3.20. The Morgan fingerprint density at radius 2 is 2.00 bits per heavy atom. The van der Waals surface area contributed by atoms with Gasteiger partial charge in [-0.25, -0.2) is 4.98 Å². The van der Waals surface area contributed by atoms with Gasteiger partial charge in [-0.05, 0) is 57.3 Å². The van der Waals surface area contributed by atoms with Crippen LogP contribution in [0.5, 0.6) is 0 Å². The Labute approximate surface area is 194 Å². The zero-order valence-electron chi connectivity index (χ0n) is 18.8. The maximum absolute atomic E-state index is 12.9. The highest BCUT2D eigenvalue weighted by Gasteiger charge is 2.33. The van der Waals surface area contributed by atoms with Gasteiger partial charge in [0.1, 0.15) is 17.9 Å². The molecule has 0 bridgehead atoms. The lowest BCUT2D eigenvalue weighted by Crippen LogP contribution is -2.48. The molecule has 3 aromatic rings. The first kappa shape index (κ1) is 23.7. The molecule has 11 heteroatoms. The third-order valence-corrected chi connectivity index (χ3v) is 5.86. The number of carbonyl (C=O) groups is 2. The number of alkyl halides is 3. The Morgan fingerprint density at radius 1 is 1.21 bits per heavy atom. The molecule has 2 aromatic heterocycles. The highest BCUT2D eigenvalue weighted by Crippen LogP contribution is 2.27. The number of halogens is 3. The van der Waals surface area contributed by atoms with Gasteiger partial charge in [0.15, 0.2) is 0 Å². The second-order valence-electron chi connectivity index (χ2n) is 8.56. The van der Waals surface area contributed by atoms with Gasteiger partial charge in [0.25, 0.3) is 5.91 Å². The molecule has 4 rings (SSSR count). The van der Waals surface area contributed by atoms with E-state index in [0.717, 1.165) is 31.5 Å². The maximum atomic E-state index is 12.9. The number of nitrogens with one attached hydrogen (secondary N) is 1. The van der Waals surface area contributed by atoms with Crippen molar-refractivity contribution < 1.29 is 22.8 Å². The molecule has 1 aromatic carbocycles. The zero-order valence-corrected chi connectivity index (χ0v) is 18.8. The van der Waals surface area contributed by atoms with Crippen molar-refractivity contribution in [3.05, 3.63) is 54.0 Å². The summed E-state index contributed by atoms with van der Waals surface area (Å²) in [7, 11) is 4.02. The minimum absolute atomic E-state index is 0.0106. The van der Waals surface area contributed by atoms with E-state index in [2.05, 4.69) is 20.3 Å². The molecule has 2 amide bonds. The number of likely N-dealkylation sites (tertiary alicyclic amines) is 1. The van der Waals surface area contributed by atoms with Gasteiger partial charge < -0.3 is 15.1 Å². The van der Waals surface area contributed by atoms with Gasteiger partial charge in [0.2, 0.25) is 5.91 Å². The van der Waals surface area contributed by atoms with Crippen LogP contribution in [-0.2, 0) is 17.5 Å². The molecule has 1 saturated heterocycles. The van der Waals surface area contributed by atoms with Gasteiger partial charge >= 0.3 is 6.18 Å². The molecule has 1 aliphatic rings. The summed E-state index contributed by atoms with van der Waals surface area (Å²) in [6.45, 7) is 1.51. The van der Waals surface area contributed by atoms with Crippen molar-refractivity contribution in [1.82, 2.24) is 24.6 Å². The molecule has 1 fully saturated rings. The van der Waals surface area contributed by atoms with E-state index in [1.54, 1.807) is 29.1 Å². The molecular formula is C23H25F3N6O2. The number of aromatic nitrogens is 3. The lowest BCUT2D eigenvalue weighted by atomic mass is 10.0. The smallest absolute Gasteiger partial charge is 0.340 e. The van der Waals surface area contributed by atoms with Crippen LogP contribution in [0.1, 0.15) is 29.0 Å². The highest BCUT2D eigenvalue weighted by molar-refractivity contribution is 6.03. The topological polar surface area (TPSA) is 83.4 Å². The number of hydrogen-bond acceptors (Lipinski definition) is 5. The van der Waals surface area contributed by atoms with Crippen LogP contribution in [-0.4, -0.2) is 69.6 Å². The molecule has 1 unspecified atom stereocenters. The summed E-state index contributed by atoms with van der Waals surface area (Å²) in [5, 5.41) is 7.68. The summed E-state index contributed by atoms with van der Waals surface area (Å²) in [6.07, 6.45) is -0.909. The second kappa shape index (κ2) is 9.41. The lowest BCUT2D eigenvalue weighted by molar-refractivity contribution is -0.141. The molecule has 0 aliphatic carbocycles. The fraction of sp³-hybridized carbons (Fsp3) is 0.391. The van der Waals surface area contributed by atoms with Crippen LogP contribution in [0.3, 0.4) is 0 Å². The number of rotatable bonds is 5. The van der Waals surface area contributed by atoms with Gasteiger partial charge in [-0.1, -0.05) is 6.07 Å². The molecule has 180 valence electrons. The quantitative estimate of drug-likeness (QED) is 0.614. The molecule has 0 spiro atoms. The third-order valence-electron chi connectivity index (χ3n) is 5.86. The van der Waals surface area contributed by atoms with Crippen LogP contribution in [0.4, 0.5) is 18.9 Å². The molecule has 1 aliphatic heterocycles. The first-order valence-electron chi connectivity index (χ1n) is 10.9. The summed E-state index contributed by atoms with van der Waals surface area (Å²) >= 11 is 0. The standard InChI is InChI=1S/C23H25F3N6O2/c1-30(2)17-5-4-10-31(13-17)21(33)14-32-12-15-11-16(8-9-18(15)29-32)27-22(34)19-6-3-7-20(28-19)23(24,25)26/h3,6-9,11-12,17H,4-5,10,13-14H2,1-2H3,(H,27,34). The van der Waals surface area contributed by atoms with Crippen LogP contribution < -0.4 is 5.32 Å². The number of pyridine rings is 1. The van der Waals surface area contributed by atoms with E-state index in [1.807, 2.05) is 19.0 Å². The molecule has 0 radical (unpaired) electrons. The number of fused-ring (bicyclic) bond motifs is 1. The van der Waals surface area contributed by atoms with Gasteiger partial charge in [0.05, 0.1) is 5.52 Å². The lowest BCUT2D eigenvalue weighted by Gasteiger charge is -2.36. The van der Waals surface area contributed by atoms with Gasteiger partial charge in [0, 0.05) is 36.4 Å². The SMILES string of the molecule is CN(C)C1CCCN(C(=O)Cn2cc3cc(NC(=O)c4cccc(C(F)(F)F)n4)ccc3n2)C1. The summed E-state index contributed by atoms with van der Waals surface area (Å²) in [5.74, 6) is -0.767. The highest BCUT2D eigenvalue weighted by atomic mass is 19.4. The Balaban J connectivity index is 1.44. The normalized spacial score (nSPS) is 16.8. The Hall–Kier alpha value is -3.47. The predicted octanol–water partition coefficient (Wildman–Crippen LogP) is 3.26. The number of likely N-dealkylation sites (N-methyl/N-ethyl adjacent to an activating group) is 1. The molecule has 3 heterocycles. The van der Waals surface area contributed by atoms with E-state index in [0.29, 0.717) is 29.2 Å². The number of piperidine rings is 1.